The number of aryl methyl sites for hydroxylation is 1. The van der Waals surface area contributed by atoms with Gasteiger partial charge in [-0.25, -0.2) is 0 Å². The van der Waals surface area contributed by atoms with Gasteiger partial charge in [0.05, 0.1) is 33.6 Å². The Morgan fingerprint density at radius 3 is 2.17 bits per heavy atom. The van der Waals surface area contributed by atoms with Crippen molar-refractivity contribution in [2.75, 3.05) is 17.7 Å². The van der Waals surface area contributed by atoms with Crippen LogP contribution >= 0.6 is 34.8 Å². The molecule has 2 amide bonds. The molecule has 0 unspecified atom stereocenters. The Morgan fingerprint density at radius 1 is 0.857 bits per heavy atom. The molecule has 0 aliphatic rings. The summed E-state index contributed by atoms with van der Waals surface area (Å²) >= 11 is 19.0. The molecule has 1 aromatic heterocycles. The second kappa shape index (κ2) is 10.4. The fourth-order valence-electron chi connectivity index (χ4n) is 3.42. The lowest BCUT2D eigenvalue weighted by molar-refractivity contribution is 0.101. The van der Waals surface area contributed by atoms with Crippen LogP contribution in [0.5, 0.6) is 5.75 Å². The summed E-state index contributed by atoms with van der Waals surface area (Å²) in [6.07, 6.45) is 0. The molecular formula is C25H18Cl3N3O4. The van der Waals surface area contributed by atoms with Crippen molar-refractivity contribution in [1.29, 1.82) is 0 Å². The molecule has 178 valence electrons. The van der Waals surface area contributed by atoms with Crippen LogP contribution in [0.25, 0.3) is 11.3 Å². The van der Waals surface area contributed by atoms with Gasteiger partial charge < -0.3 is 19.9 Å². The van der Waals surface area contributed by atoms with E-state index >= 15 is 0 Å². The molecule has 0 atom stereocenters. The van der Waals surface area contributed by atoms with Crippen LogP contribution in [0.2, 0.25) is 15.1 Å². The summed E-state index contributed by atoms with van der Waals surface area (Å²) in [4.78, 5) is 25.8. The monoisotopic (exact) mass is 529 g/mol. The number of nitrogens with zero attached hydrogens (tertiary/aromatic N) is 1. The summed E-state index contributed by atoms with van der Waals surface area (Å²) in [6.45, 7) is 1.60. The number of carbonyl (C=O) groups excluding carboxylic acids is 2. The largest absolute Gasteiger partial charge is 0.494 e. The number of anilines is 2. The third-order valence-electron chi connectivity index (χ3n) is 5.11. The zero-order valence-corrected chi connectivity index (χ0v) is 20.8. The van der Waals surface area contributed by atoms with Crippen molar-refractivity contribution < 1.29 is 18.8 Å². The minimum atomic E-state index is -0.537. The first kappa shape index (κ1) is 24.6. The van der Waals surface area contributed by atoms with Crippen LogP contribution in [0.15, 0.2) is 65.2 Å². The van der Waals surface area contributed by atoms with Crippen LogP contribution < -0.4 is 15.4 Å². The lowest BCUT2D eigenvalue weighted by Crippen LogP contribution is -2.15. The molecule has 10 heteroatoms. The van der Waals surface area contributed by atoms with Crippen LogP contribution in [-0.4, -0.2) is 24.1 Å². The maximum absolute atomic E-state index is 13.3. The highest BCUT2D eigenvalue weighted by Gasteiger charge is 2.26. The Balaban J connectivity index is 1.64. The van der Waals surface area contributed by atoms with E-state index in [1.54, 1.807) is 49.4 Å². The standard InChI is InChI=1S/C25H18Cl3N3O4/c1-13-21(23(31-35-13)22-15(26)9-6-10-16(22)27)25(33)30-19-11-17(28)18(12-20(19)34-2)29-24(32)14-7-4-3-5-8-14/h3-12H,1-2H3,(H,29,32)(H,30,33). The number of halogens is 3. The van der Waals surface area contributed by atoms with Crippen molar-refractivity contribution in [1.82, 2.24) is 5.16 Å². The molecule has 4 rings (SSSR count). The summed E-state index contributed by atoms with van der Waals surface area (Å²) in [5, 5.41) is 10.3. The molecule has 35 heavy (non-hydrogen) atoms. The average molecular weight is 531 g/mol. The number of rotatable bonds is 6. The van der Waals surface area contributed by atoms with Crippen LogP contribution in [0.3, 0.4) is 0 Å². The zero-order valence-electron chi connectivity index (χ0n) is 18.5. The van der Waals surface area contributed by atoms with Crippen LogP contribution in [0.4, 0.5) is 11.4 Å². The first-order valence-corrected chi connectivity index (χ1v) is 11.4. The molecule has 2 N–H and O–H groups in total. The fraction of sp³-hybridized carbons (Fsp3) is 0.0800. The van der Waals surface area contributed by atoms with Gasteiger partial charge in [-0.3, -0.25) is 9.59 Å². The van der Waals surface area contributed by atoms with E-state index in [1.807, 2.05) is 6.07 Å². The van der Waals surface area contributed by atoms with Gasteiger partial charge in [0, 0.05) is 17.2 Å². The van der Waals surface area contributed by atoms with E-state index in [0.29, 0.717) is 26.9 Å². The Hall–Kier alpha value is -3.52. The summed E-state index contributed by atoms with van der Waals surface area (Å²) in [5.74, 6) is -0.333. The van der Waals surface area contributed by atoms with Gasteiger partial charge in [0.1, 0.15) is 22.8 Å². The number of ether oxygens (including phenoxy) is 1. The van der Waals surface area contributed by atoms with Crippen molar-refractivity contribution in [2.45, 2.75) is 6.92 Å². The van der Waals surface area contributed by atoms with Gasteiger partial charge >= 0.3 is 0 Å². The van der Waals surface area contributed by atoms with E-state index in [2.05, 4.69) is 15.8 Å². The average Bonchev–Trinajstić information content (AvgIpc) is 3.22. The SMILES string of the molecule is COc1cc(NC(=O)c2ccccc2)c(Cl)cc1NC(=O)c1c(-c2c(Cl)cccc2Cl)noc1C. The third-order valence-corrected chi connectivity index (χ3v) is 6.05. The maximum atomic E-state index is 13.3. The van der Waals surface area contributed by atoms with E-state index < -0.39 is 5.91 Å². The highest BCUT2D eigenvalue weighted by Crippen LogP contribution is 2.38. The second-order valence-corrected chi connectivity index (χ2v) is 8.59. The van der Waals surface area contributed by atoms with Crippen LogP contribution in [-0.2, 0) is 0 Å². The number of carbonyl (C=O) groups is 2. The number of aromatic nitrogens is 1. The Labute approximate surface area is 215 Å². The number of hydrogen-bond acceptors (Lipinski definition) is 5. The van der Waals surface area contributed by atoms with E-state index in [1.165, 1.54) is 19.2 Å². The van der Waals surface area contributed by atoms with Crippen molar-refractivity contribution >= 4 is 58.0 Å². The van der Waals surface area contributed by atoms with Crippen molar-refractivity contribution in [3.63, 3.8) is 0 Å². The van der Waals surface area contributed by atoms with Gasteiger partial charge in [0.25, 0.3) is 11.8 Å². The van der Waals surface area contributed by atoms with E-state index in [4.69, 9.17) is 44.1 Å². The number of hydrogen-bond donors (Lipinski definition) is 2. The summed E-state index contributed by atoms with van der Waals surface area (Å²) in [6, 6.07) is 16.6. The molecule has 0 radical (unpaired) electrons. The molecule has 3 aromatic carbocycles. The molecule has 0 aliphatic carbocycles. The van der Waals surface area contributed by atoms with E-state index in [0.717, 1.165) is 0 Å². The molecular weight excluding hydrogens is 513 g/mol. The highest BCUT2D eigenvalue weighted by molar-refractivity contribution is 6.39. The minimum Gasteiger partial charge on any atom is -0.494 e. The van der Waals surface area contributed by atoms with Gasteiger partial charge in [-0.05, 0) is 37.3 Å². The van der Waals surface area contributed by atoms with Crippen molar-refractivity contribution in [3.8, 4) is 17.0 Å². The normalized spacial score (nSPS) is 10.7. The summed E-state index contributed by atoms with van der Waals surface area (Å²) < 4.78 is 10.7. The zero-order chi connectivity index (χ0) is 25.1. The van der Waals surface area contributed by atoms with E-state index in [-0.39, 0.29) is 39.4 Å². The highest BCUT2D eigenvalue weighted by atomic mass is 35.5. The molecule has 0 spiro atoms. The maximum Gasteiger partial charge on any atom is 0.261 e. The van der Waals surface area contributed by atoms with Gasteiger partial charge in [-0.15, -0.1) is 0 Å². The fourth-order valence-corrected chi connectivity index (χ4v) is 4.21. The molecule has 0 saturated heterocycles. The topological polar surface area (TPSA) is 93.5 Å². The third kappa shape index (κ3) is 5.12. The Morgan fingerprint density at radius 2 is 1.51 bits per heavy atom. The Bertz CT molecular complexity index is 1400. The number of amides is 2. The smallest absolute Gasteiger partial charge is 0.261 e. The molecule has 1 heterocycles. The van der Waals surface area contributed by atoms with Crippen molar-refractivity contribution in [2.24, 2.45) is 0 Å². The first-order chi connectivity index (χ1) is 16.8. The summed E-state index contributed by atoms with van der Waals surface area (Å²) in [7, 11) is 1.43. The van der Waals surface area contributed by atoms with Gasteiger partial charge in [-0.2, -0.15) is 0 Å². The predicted molar refractivity (Wildman–Crippen MR) is 137 cm³/mol. The lowest BCUT2D eigenvalue weighted by Gasteiger charge is -2.15. The molecule has 4 aromatic rings. The van der Waals surface area contributed by atoms with Crippen molar-refractivity contribution in [3.05, 3.63) is 92.6 Å². The number of nitrogens with one attached hydrogen (secondary N) is 2. The molecule has 0 fully saturated rings. The van der Waals surface area contributed by atoms with Gasteiger partial charge in [0.2, 0.25) is 0 Å². The number of methoxy groups -OCH3 is 1. The predicted octanol–water partition coefficient (Wildman–Crippen LogP) is 7.12. The molecule has 0 bridgehead atoms. The molecule has 0 aliphatic heterocycles. The molecule has 7 nitrogen and oxygen atoms in total. The lowest BCUT2D eigenvalue weighted by atomic mass is 10.1. The van der Waals surface area contributed by atoms with Gasteiger partial charge in [-0.1, -0.05) is 64.2 Å². The molecule has 0 saturated carbocycles. The quantitative estimate of drug-likeness (QED) is 0.277. The van der Waals surface area contributed by atoms with Crippen LogP contribution in [0.1, 0.15) is 26.5 Å². The Kier molecular flexibility index (Phi) is 7.31. The van der Waals surface area contributed by atoms with E-state index in [9.17, 15) is 9.59 Å². The summed E-state index contributed by atoms with van der Waals surface area (Å²) in [5.41, 5.74) is 1.79. The van der Waals surface area contributed by atoms with Gasteiger partial charge in [0.15, 0.2) is 0 Å². The first-order valence-electron chi connectivity index (χ1n) is 10.3. The number of benzene rings is 3. The van der Waals surface area contributed by atoms with Crippen LogP contribution in [0, 0.1) is 6.92 Å². The second-order valence-electron chi connectivity index (χ2n) is 7.37. The minimum absolute atomic E-state index is 0.152.